The van der Waals surface area contributed by atoms with Gasteiger partial charge in [0.1, 0.15) is 0 Å². The molecule has 0 fully saturated rings. The Hall–Kier alpha value is -2.02. The van der Waals surface area contributed by atoms with Gasteiger partial charge in [0.2, 0.25) is 0 Å². The molecule has 0 unspecified atom stereocenters. The summed E-state index contributed by atoms with van der Waals surface area (Å²) >= 11 is 0. The number of hydrogen-bond acceptors (Lipinski definition) is 0. The van der Waals surface area contributed by atoms with Crippen molar-refractivity contribution in [1.29, 1.82) is 0 Å². The van der Waals surface area contributed by atoms with E-state index in [1.165, 1.54) is 34.3 Å². The molecule has 0 saturated carbocycles. The SMILES string of the molecule is CC=C(C=CCCC)n1c2c(c3ccccc31)C=CCC2. The first-order chi connectivity index (χ1) is 10.4. The topological polar surface area (TPSA) is 4.93 Å². The largest absolute Gasteiger partial charge is 0.313 e. The van der Waals surface area contributed by atoms with Gasteiger partial charge in [-0.25, -0.2) is 0 Å². The second-order valence-corrected chi connectivity index (χ2v) is 5.56. The summed E-state index contributed by atoms with van der Waals surface area (Å²) in [5.74, 6) is 0. The van der Waals surface area contributed by atoms with Crippen LogP contribution in [0, 0.1) is 0 Å². The van der Waals surface area contributed by atoms with Crippen LogP contribution < -0.4 is 0 Å². The number of unbranched alkanes of at least 4 members (excludes halogenated alkanes) is 1. The molecule has 1 heterocycles. The van der Waals surface area contributed by atoms with E-state index in [9.17, 15) is 0 Å². The zero-order valence-electron chi connectivity index (χ0n) is 13.0. The highest BCUT2D eigenvalue weighted by Crippen LogP contribution is 2.33. The fourth-order valence-corrected chi connectivity index (χ4v) is 3.14. The van der Waals surface area contributed by atoms with Crippen molar-refractivity contribution < 1.29 is 0 Å². The lowest BCUT2D eigenvalue weighted by Crippen LogP contribution is -2.03. The van der Waals surface area contributed by atoms with Crippen LogP contribution in [0.3, 0.4) is 0 Å². The molecule has 0 aliphatic heterocycles. The van der Waals surface area contributed by atoms with Crippen LogP contribution in [0.4, 0.5) is 0 Å². The Morgan fingerprint density at radius 1 is 1.29 bits per heavy atom. The van der Waals surface area contributed by atoms with Crippen molar-refractivity contribution >= 4 is 22.7 Å². The maximum absolute atomic E-state index is 2.44. The molecule has 108 valence electrons. The summed E-state index contributed by atoms with van der Waals surface area (Å²) in [7, 11) is 0. The average Bonchev–Trinajstić information content (AvgIpc) is 2.87. The van der Waals surface area contributed by atoms with Crippen LogP contribution in [0.5, 0.6) is 0 Å². The van der Waals surface area contributed by atoms with E-state index in [0.29, 0.717) is 0 Å². The van der Waals surface area contributed by atoms with Crippen molar-refractivity contribution in [1.82, 2.24) is 4.57 Å². The van der Waals surface area contributed by atoms with E-state index in [1.807, 2.05) is 0 Å². The molecular formula is C20H23N. The Labute approximate surface area is 127 Å². The third kappa shape index (κ3) is 2.49. The van der Waals surface area contributed by atoms with Crippen molar-refractivity contribution in [2.45, 2.75) is 39.5 Å². The van der Waals surface area contributed by atoms with Gasteiger partial charge < -0.3 is 4.57 Å². The summed E-state index contributed by atoms with van der Waals surface area (Å²) in [6, 6.07) is 8.75. The predicted molar refractivity (Wildman–Crippen MR) is 93.3 cm³/mol. The molecule has 1 aliphatic carbocycles. The van der Waals surface area contributed by atoms with Crippen LogP contribution in [0.1, 0.15) is 44.4 Å². The Morgan fingerprint density at radius 3 is 2.95 bits per heavy atom. The first kappa shape index (κ1) is 13.9. The summed E-state index contributed by atoms with van der Waals surface area (Å²) in [6.07, 6.45) is 16.0. The van der Waals surface area contributed by atoms with Gasteiger partial charge in [-0.3, -0.25) is 0 Å². The highest BCUT2D eigenvalue weighted by atomic mass is 15.0. The molecule has 1 heteroatoms. The number of hydrogen-bond donors (Lipinski definition) is 0. The fraction of sp³-hybridized carbons (Fsp3) is 0.300. The number of para-hydroxylation sites is 1. The normalized spacial score (nSPS) is 15.0. The molecule has 1 nitrogen and oxygen atoms in total. The maximum atomic E-state index is 2.44. The van der Waals surface area contributed by atoms with E-state index in [2.05, 4.69) is 73.1 Å². The molecule has 1 aromatic heterocycles. The number of aromatic nitrogens is 1. The monoisotopic (exact) mass is 277 g/mol. The van der Waals surface area contributed by atoms with Crippen LogP contribution >= 0.6 is 0 Å². The third-order valence-electron chi connectivity index (χ3n) is 4.15. The number of nitrogens with zero attached hydrogens (tertiary/aromatic N) is 1. The Balaban J connectivity index is 2.20. The van der Waals surface area contributed by atoms with Gasteiger partial charge in [0.25, 0.3) is 0 Å². The van der Waals surface area contributed by atoms with Crippen LogP contribution in [0.15, 0.2) is 48.6 Å². The molecule has 2 aromatic rings. The van der Waals surface area contributed by atoms with E-state index in [-0.39, 0.29) is 0 Å². The number of benzene rings is 1. The smallest absolute Gasteiger partial charge is 0.0537 e. The first-order valence-corrected chi connectivity index (χ1v) is 7.99. The Morgan fingerprint density at radius 2 is 2.14 bits per heavy atom. The van der Waals surface area contributed by atoms with Crippen molar-refractivity contribution in [3.63, 3.8) is 0 Å². The average molecular weight is 277 g/mol. The Kier molecular flexibility index (Phi) is 4.10. The third-order valence-corrected chi connectivity index (χ3v) is 4.15. The molecule has 0 N–H and O–H groups in total. The molecule has 1 aliphatic rings. The molecule has 3 rings (SSSR count). The van der Waals surface area contributed by atoms with Gasteiger partial charge in [0.15, 0.2) is 0 Å². The van der Waals surface area contributed by atoms with E-state index in [4.69, 9.17) is 0 Å². The minimum Gasteiger partial charge on any atom is -0.313 e. The van der Waals surface area contributed by atoms with Crippen molar-refractivity contribution in [3.05, 3.63) is 59.8 Å². The van der Waals surface area contributed by atoms with Gasteiger partial charge in [0.05, 0.1) is 5.52 Å². The standard InChI is InChI=1S/C20H23N/c1-3-5-6-11-16(4-2)21-19-14-9-7-12-17(19)18-13-8-10-15-20(18)21/h4,6-9,11-14H,3,5,10,15H2,1-2H3. The number of allylic oxidation sites excluding steroid dienone is 5. The van der Waals surface area contributed by atoms with Gasteiger partial charge in [-0.1, -0.05) is 55.8 Å². The first-order valence-electron chi connectivity index (χ1n) is 7.99. The Bertz CT molecular complexity index is 726. The summed E-state index contributed by atoms with van der Waals surface area (Å²) in [6.45, 7) is 4.35. The second kappa shape index (κ2) is 6.17. The molecule has 0 radical (unpaired) electrons. The molecule has 0 atom stereocenters. The van der Waals surface area contributed by atoms with Gasteiger partial charge in [-0.05, 0) is 38.3 Å². The quantitative estimate of drug-likeness (QED) is 0.621. The lowest BCUT2D eigenvalue weighted by atomic mass is 10.0. The lowest BCUT2D eigenvalue weighted by Gasteiger charge is -2.14. The van der Waals surface area contributed by atoms with Crippen LogP contribution in [0.2, 0.25) is 0 Å². The van der Waals surface area contributed by atoms with Gasteiger partial charge in [0, 0.05) is 22.3 Å². The molecule has 0 saturated heterocycles. The molecule has 21 heavy (non-hydrogen) atoms. The van der Waals surface area contributed by atoms with Crippen LogP contribution in [-0.4, -0.2) is 4.57 Å². The number of fused-ring (bicyclic) bond motifs is 3. The van der Waals surface area contributed by atoms with Crippen LogP contribution in [0.25, 0.3) is 22.7 Å². The molecule has 0 bridgehead atoms. The van der Waals surface area contributed by atoms with E-state index >= 15 is 0 Å². The van der Waals surface area contributed by atoms with Crippen molar-refractivity contribution in [2.75, 3.05) is 0 Å². The fourth-order valence-electron chi connectivity index (χ4n) is 3.14. The lowest BCUT2D eigenvalue weighted by molar-refractivity contribution is 0.898. The van der Waals surface area contributed by atoms with E-state index in [0.717, 1.165) is 19.3 Å². The van der Waals surface area contributed by atoms with E-state index in [1.54, 1.807) is 0 Å². The maximum Gasteiger partial charge on any atom is 0.0537 e. The van der Waals surface area contributed by atoms with Crippen molar-refractivity contribution in [2.24, 2.45) is 0 Å². The summed E-state index contributed by atoms with van der Waals surface area (Å²) in [4.78, 5) is 0. The van der Waals surface area contributed by atoms with E-state index < -0.39 is 0 Å². The molecule has 1 aromatic carbocycles. The zero-order chi connectivity index (χ0) is 14.7. The minimum atomic E-state index is 1.12. The highest BCUT2D eigenvalue weighted by molar-refractivity contribution is 5.94. The minimum absolute atomic E-state index is 1.12. The summed E-state index contributed by atoms with van der Waals surface area (Å²) in [5, 5.41) is 1.37. The van der Waals surface area contributed by atoms with Gasteiger partial charge >= 0.3 is 0 Å². The molecule has 0 spiro atoms. The predicted octanol–water partition coefficient (Wildman–Crippen LogP) is 5.82. The summed E-state index contributed by atoms with van der Waals surface area (Å²) in [5.41, 5.74) is 5.47. The number of rotatable bonds is 4. The zero-order valence-corrected chi connectivity index (χ0v) is 13.0. The van der Waals surface area contributed by atoms with Crippen LogP contribution in [-0.2, 0) is 6.42 Å². The van der Waals surface area contributed by atoms with Gasteiger partial charge in [-0.2, -0.15) is 0 Å². The highest BCUT2D eigenvalue weighted by Gasteiger charge is 2.17. The van der Waals surface area contributed by atoms with Crippen molar-refractivity contribution in [3.8, 4) is 0 Å². The molecular weight excluding hydrogens is 254 g/mol. The van der Waals surface area contributed by atoms with Gasteiger partial charge in [-0.15, -0.1) is 0 Å². The summed E-state index contributed by atoms with van der Waals surface area (Å²) < 4.78 is 2.44. The second-order valence-electron chi connectivity index (χ2n) is 5.56. The molecule has 0 amide bonds.